The average molecular weight is 246 g/mol. The molecular formula is C12H22O5. The first-order chi connectivity index (χ1) is 7.59. The van der Waals surface area contributed by atoms with Crippen LogP contribution in [0.2, 0.25) is 0 Å². The lowest BCUT2D eigenvalue weighted by atomic mass is 10.0. The number of rotatable bonds is 2. The first kappa shape index (κ1) is 13.2. The van der Waals surface area contributed by atoms with Crippen LogP contribution < -0.4 is 0 Å². The molecular weight excluding hydrogens is 224 g/mol. The molecule has 0 unspecified atom stereocenters. The Morgan fingerprint density at radius 1 is 1.18 bits per heavy atom. The maximum Gasteiger partial charge on any atom is 0.171 e. The van der Waals surface area contributed by atoms with Crippen LogP contribution in [-0.4, -0.2) is 41.3 Å². The van der Waals surface area contributed by atoms with E-state index in [-0.39, 0.29) is 12.2 Å². The molecule has 3 atom stereocenters. The van der Waals surface area contributed by atoms with Gasteiger partial charge in [0.05, 0.1) is 12.7 Å². The first-order valence-electron chi connectivity index (χ1n) is 6.01. The van der Waals surface area contributed by atoms with E-state index < -0.39 is 17.4 Å². The quantitative estimate of drug-likeness (QED) is 0.746. The minimum absolute atomic E-state index is 0.0499. The van der Waals surface area contributed by atoms with Crippen LogP contribution in [0.1, 0.15) is 41.0 Å². The van der Waals surface area contributed by atoms with Crippen LogP contribution in [-0.2, 0) is 18.9 Å². The number of aliphatic hydroxyl groups is 1. The second-order valence-corrected chi connectivity index (χ2v) is 5.91. The lowest BCUT2D eigenvalue weighted by molar-refractivity contribution is -0.349. The van der Waals surface area contributed by atoms with Crippen molar-refractivity contribution in [3.05, 3.63) is 0 Å². The molecule has 0 aromatic heterocycles. The van der Waals surface area contributed by atoms with Crippen molar-refractivity contribution in [3.63, 3.8) is 0 Å². The maximum atomic E-state index is 9.70. The molecule has 0 aliphatic carbocycles. The van der Waals surface area contributed by atoms with Crippen LogP contribution in [0.5, 0.6) is 0 Å². The van der Waals surface area contributed by atoms with Gasteiger partial charge in [0.25, 0.3) is 0 Å². The molecule has 0 amide bonds. The fraction of sp³-hybridized carbons (Fsp3) is 1.00. The van der Waals surface area contributed by atoms with Crippen LogP contribution in [0.25, 0.3) is 0 Å². The summed E-state index contributed by atoms with van der Waals surface area (Å²) in [6.45, 7) is 9.18. The summed E-state index contributed by atoms with van der Waals surface area (Å²) in [5, 5.41) is 9.70. The second-order valence-electron chi connectivity index (χ2n) is 5.91. The molecule has 0 radical (unpaired) electrons. The molecule has 5 heteroatoms. The zero-order valence-electron chi connectivity index (χ0n) is 11.1. The molecule has 0 aromatic rings. The Bertz CT molecular complexity index is 296. The third-order valence-electron chi connectivity index (χ3n) is 2.88. The molecule has 17 heavy (non-hydrogen) atoms. The van der Waals surface area contributed by atoms with Gasteiger partial charge in [0.15, 0.2) is 17.4 Å². The summed E-state index contributed by atoms with van der Waals surface area (Å²) in [5.41, 5.74) is 0. The Balaban J connectivity index is 2.02. The fourth-order valence-corrected chi connectivity index (χ4v) is 2.51. The largest absolute Gasteiger partial charge is 0.366 e. The van der Waals surface area contributed by atoms with Crippen LogP contribution in [0.3, 0.4) is 0 Å². The van der Waals surface area contributed by atoms with Crippen molar-refractivity contribution < 1.29 is 24.1 Å². The smallest absolute Gasteiger partial charge is 0.171 e. The van der Waals surface area contributed by atoms with Crippen LogP contribution in [0.4, 0.5) is 0 Å². The zero-order chi connectivity index (χ0) is 12.9. The topological polar surface area (TPSA) is 57.2 Å². The molecule has 2 saturated heterocycles. The summed E-state index contributed by atoms with van der Waals surface area (Å²) >= 11 is 0. The van der Waals surface area contributed by atoms with E-state index in [1.165, 1.54) is 0 Å². The molecule has 0 saturated carbocycles. The van der Waals surface area contributed by atoms with E-state index in [1.54, 1.807) is 13.8 Å². The van der Waals surface area contributed by atoms with Gasteiger partial charge in [-0.25, -0.2) is 0 Å². The Morgan fingerprint density at radius 2 is 1.76 bits per heavy atom. The van der Waals surface area contributed by atoms with Gasteiger partial charge in [-0.1, -0.05) is 0 Å². The highest BCUT2D eigenvalue weighted by molar-refractivity contribution is 4.89. The number of hydrogen-bond acceptors (Lipinski definition) is 5. The highest BCUT2D eigenvalue weighted by atomic mass is 16.8. The van der Waals surface area contributed by atoms with E-state index in [0.717, 1.165) is 0 Å². The molecule has 0 bridgehead atoms. The first-order valence-corrected chi connectivity index (χ1v) is 6.01. The molecule has 100 valence electrons. The molecule has 2 fully saturated rings. The van der Waals surface area contributed by atoms with Gasteiger partial charge in [0, 0.05) is 6.42 Å². The molecule has 2 heterocycles. The lowest BCUT2D eigenvalue weighted by Crippen LogP contribution is -2.51. The zero-order valence-corrected chi connectivity index (χ0v) is 11.1. The minimum atomic E-state index is -1.23. The van der Waals surface area contributed by atoms with Crippen molar-refractivity contribution >= 4 is 0 Å². The van der Waals surface area contributed by atoms with Crippen molar-refractivity contribution in [2.45, 2.75) is 70.6 Å². The van der Waals surface area contributed by atoms with E-state index in [9.17, 15) is 5.11 Å². The predicted octanol–water partition coefficient (Wildman–Crippen LogP) is 1.39. The molecule has 0 aromatic carbocycles. The van der Waals surface area contributed by atoms with Gasteiger partial charge < -0.3 is 24.1 Å². The number of ether oxygens (including phenoxy) is 4. The molecule has 0 spiro atoms. The van der Waals surface area contributed by atoms with Crippen LogP contribution in [0.15, 0.2) is 0 Å². The van der Waals surface area contributed by atoms with Crippen molar-refractivity contribution in [1.82, 2.24) is 0 Å². The fourth-order valence-electron chi connectivity index (χ4n) is 2.51. The Hall–Kier alpha value is -0.200. The molecule has 2 aliphatic rings. The summed E-state index contributed by atoms with van der Waals surface area (Å²) in [7, 11) is 0. The summed E-state index contributed by atoms with van der Waals surface area (Å²) < 4.78 is 22.7. The van der Waals surface area contributed by atoms with Crippen molar-refractivity contribution in [2.24, 2.45) is 0 Å². The standard InChI is InChI=1S/C12H22O5/c1-10(2,13)17-12(5)6-8-9(7-14-12)16-11(3,4)15-8/h8-9,13H,6-7H2,1-5H3/t8-,9+,12-/m0/s1. The summed E-state index contributed by atoms with van der Waals surface area (Å²) in [6, 6.07) is 0. The maximum absolute atomic E-state index is 9.70. The van der Waals surface area contributed by atoms with Gasteiger partial charge in [-0.15, -0.1) is 0 Å². The highest BCUT2D eigenvalue weighted by Gasteiger charge is 2.50. The second kappa shape index (κ2) is 3.90. The van der Waals surface area contributed by atoms with E-state index in [2.05, 4.69) is 0 Å². The van der Waals surface area contributed by atoms with E-state index >= 15 is 0 Å². The van der Waals surface area contributed by atoms with Gasteiger partial charge in [0.2, 0.25) is 0 Å². The van der Waals surface area contributed by atoms with Crippen molar-refractivity contribution in [2.75, 3.05) is 6.61 Å². The third kappa shape index (κ3) is 3.17. The Morgan fingerprint density at radius 3 is 2.35 bits per heavy atom. The Labute approximate surface area is 102 Å². The average Bonchev–Trinajstić information content (AvgIpc) is 2.33. The van der Waals surface area contributed by atoms with E-state index in [0.29, 0.717) is 13.0 Å². The summed E-state index contributed by atoms with van der Waals surface area (Å²) in [4.78, 5) is 0. The van der Waals surface area contributed by atoms with Gasteiger partial charge >= 0.3 is 0 Å². The predicted molar refractivity (Wildman–Crippen MR) is 60.2 cm³/mol. The number of fused-ring (bicyclic) bond motifs is 1. The normalized spacial score (nSPS) is 41.3. The minimum Gasteiger partial charge on any atom is -0.366 e. The van der Waals surface area contributed by atoms with Gasteiger partial charge in [0.1, 0.15) is 6.10 Å². The van der Waals surface area contributed by atoms with Gasteiger partial charge in [-0.2, -0.15) is 0 Å². The summed E-state index contributed by atoms with van der Waals surface area (Å²) in [5.74, 6) is -2.63. The van der Waals surface area contributed by atoms with Crippen LogP contribution in [0, 0.1) is 0 Å². The van der Waals surface area contributed by atoms with E-state index in [4.69, 9.17) is 18.9 Å². The molecule has 1 N–H and O–H groups in total. The van der Waals surface area contributed by atoms with Crippen molar-refractivity contribution in [1.29, 1.82) is 0 Å². The number of hydrogen-bond donors (Lipinski definition) is 1. The van der Waals surface area contributed by atoms with E-state index in [1.807, 2.05) is 20.8 Å². The van der Waals surface area contributed by atoms with Gasteiger partial charge in [-0.05, 0) is 34.6 Å². The summed E-state index contributed by atoms with van der Waals surface area (Å²) in [6.07, 6.45) is 0.444. The SMILES string of the molecule is CC(C)(O)O[C@@]1(C)C[C@@H]2OC(C)(C)O[C@@H]2CO1. The monoisotopic (exact) mass is 246 g/mol. The van der Waals surface area contributed by atoms with Crippen molar-refractivity contribution in [3.8, 4) is 0 Å². The van der Waals surface area contributed by atoms with Crippen LogP contribution >= 0.6 is 0 Å². The molecule has 5 nitrogen and oxygen atoms in total. The Kier molecular flexibility index (Phi) is 3.03. The molecule has 2 aliphatic heterocycles. The van der Waals surface area contributed by atoms with Gasteiger partial charge in [-0.3, -0.25) is 0 Å². The third-order valence-corrected chi connectivity index (χ3v) is 2.88. The molecule has 2 rings (SSSR count). The highest BCUT2D eigenvalue weighted by Crippen LogP contribution is 2.39. The lowest BCUT2D eigenvalue weighted by Gasteiger charge is -2.41.